The van der Waals surface area contributed by atoms with E-state index in [1.165, 1.54) is 24.3 Å². The predicted octanol–water partition coefficient (Wildman–Crippen LogP) is 4.13. The normalized spacial score (nSPS) is 10.2. The number of rotatable bonds is 7. The topological polar surface area (TPSA) is 98.5 Å². The molecule has 1 N–H and O–H groups in total. The van der Waals surface area contributed by atoms with Gasteiger partial charge in [-0.3, -0.25) is 14.9 Å². The zero-order valence-corrected chi connectivity index (χ0v) is 15.4. The molecule has 0 heterocycles. The van der Waals surface area contributed by atoms with Gasteiger partial charge in [-0.2, -0.15) is 0 Å². The molecule has 3 rings (SSSR count). The van der Waals surface area contributed by atoms with Gasteiger partial charge in [0.2, 0.25) is 5.91 Å². The Hall–Kier alpha value is -4.00. The van der Waals surface area contributed by atoms with Gasteiger partial charge in [-0.15, -0.1) is 0 Å². The van der Waals surface area contributed by atoms with E-state index in [0.29, 0.717) is 16.8 Å². The van der Waals surface area contributed by atoms with Gasteiger partial charge in [0, 0.05) is 17.8 Å². The fourth-order valence-electron chi connectivity index (χ4n) is 2.66. The zero-order chi connectivity index (χ0) is 20.6. The lowest BCUT2D eigenvalue weighted by molar-refractivity contribution is -0.384. The van der Waals surface area contributed by atoms with Crippen LogP contribution in [0.15, 0.2) is 78.9 Å². The Bertz CT molecular complexity index is 1020. The maximum atomic E-state index is 12.2. The van der Waals surface area contributed by atoms with E-state index >= 15 is 0 Å². The van der Waals surface area contributed by atoms with Crippen molar-refractivity contribution in [1.29, 1.82) is 0 Å². The number of nitro benzene ring substituents is 1. The number of amides is 1. The van der Waals surface area contributed by atoms with E-state index in [9.17, 15) is 19.7 Å². The second-order valence-corrected chi connectivity index (χ2v) is 6.29. The van der Waals surface area contributed by atoms with E-state index in [-0.39, 0.29) is 24.6 Å². The van der Waals surface area contributed by atoms with Crippen LogP contribution in [-0.2, 0) is 22.6 Å². The number of hydrogen-bond acceptors (Lipinski definition) is 5. The molecule has 0 aromatic heterocycles. The SMILES string of the molecule is O=C(Cc1ccc([N+](=O)[O-])cc1)Nc1cccc(C(=O)OCc2ccccc2)c1. The van der Waals surface area contributed by atoms with Gasteiger partial charge in [-0.05, 0) is 29.3 Å². The lowest BCUT2D eigenvalue weighted by Crippen LogP contribution is -2.15. The highest BCUT2D eigenvalue weighted by atomic mass is 16.6. The number of anilines is 1. The summed E-state index contributed by atoms with van der Waals surface area (Å²) < 4.78 is 5.29. The first kappa shape index (κ1) is 19.8. The summed E-state index contributed by atoms with van der Waals surface area (Å²) in [4.78, 5) is 34.7. The molecule has 1 amide bonds. The van der Waals surface area contributed by atoms with Gasteiger partial charge < -0.3 is 10.1 Å². The molecule has 0 spiro atoms. The summed E-state index contributed by atoms with van der Waals surface area (Å²) in [5, 5.41) is 13.4. The van der Waals surface area contributed by atoms with Gasteiger partial charge >= 0.3 is 5.97 Å². The molecule has 0 unspecified atom stereocenters. The Balaban J connectivity index is 1.57. The van der Waals surface area contributed by atoms with Crippen molar-refractivity contribution in [2.45, 2.75) is 13.0 Å². The summed E-state index contributed by atoms with van der Waals surface area (Å²) in [5.41, 5.74) is 2.29. The molecule has 0 atom stereocenters. The Morgan fingerprint density at radius 2 is 1.62 bits per heavy atom. The average molecular weight is 390 g/mol. The van der Waals surface area contributed by atoms with Crippen molar-refractivity contribution in [2.75, 3.05) is 5.32 Å². The molecule has 7 heteroatoms. The summed E-state index contributed by atoms with van der Waals surface area (Å²) in [5.74, 6) is -0.783. The molecule has 3 aromatic carbocycles. The number of carbonyl (C=O) groups excluding carboxylic acids is 2. The fourth-order valence-corrected chi connectivity index (χ4v) is 2.66. The van der Waals surface area contributed by atoms with Crippen LogP contribution in [0, 0.1) is 10.1 Å². The van der Waals surface area contributed by atoms with Crippen LogP contribution in [0.1, 0.15) is 21.5 Å². The molecule has 0 fully saturated rings. The highest BCUT2D eigenvalue weighted by molar-refractivity contribution is 5.95. The largest absolute Gasteiger partial charge is 0.457 e. The number of nitrogens with zero attached hydrogens (tertiary/aromatic N) is 1. The maximum Gasteiger partial charge on any atom is 0.338 e. The van der Waals surface area contributed by atoms with Crippen molar-refractivity contribution < 1.29 is 19.2 Å². The number of carbonyl (C=O) groups is 2. The molecule has 0 bridgehead atoms. The van der Waals surface area contributed by atoms with Crippen LogP contribution in [0.3, 0.4) is 0 Å². The minimum atomic E-state index is -0.494. The quantitative estimate of drug-likeness (QED) is 0.371. The third-order valence-corrected chi connectivity index (χ3v) is 4.11. The molecule has 0 aliphatic rings. The van der Waals surface area contributed by atoms with Gasteiger partial charge in [0.15, 0.2) is 0 Å². The van der Waals surface area contributed by atoms with Crippen LogP contribution >= 0.6 is 0 Å². The molecule has 0 radical (unpaired) electrons. The van der Waals surface area contributed by atoms with Gasteiger partial charge in [0.05, 0.1) is 16.9 Å². The van der Waals surface area contributed by atoms with Crippen molar-refractivity contribution in [3.05, 3.63) is 106 Å². The Kier molecular flexibility index (Phi) is 6.32. The highest BCUT2D eigenvalue weighted by Crippen LogP contribution is 2.15. The first-order chi connectivity index (χ1) is 14.0. The second-order valence-electron chi connectivity index (χ2n) is 6.29. The van der Waals surface area contributed by atoms with Gasteiger partial charge in [-0.1, -0.05) is 48.5 Å². The fraction of sp³-hybridized carbons (Fsp3) is 0.0909. The van der Waals surface area contributed by atoms with Crippen molar-refractivity contribution in [3.8, 4) is 0 Å². The number of ether oxygens (including phenoxy) is 1. The van der Waals surface area contributed by atoms with Gasteiger partial charge in [0.25, 0.3) is 5.69 Å². The van der Waals surface area contributed by atoms with Crippen molar-refractivity contribution in [2.24, 2.45) is 0 Å². The number of benzene rings is 3. The summed E-state index contributed by atoms with van der Waals surface area (Å²) in [6.07, 6.45) is 0.0562. The van der Waals surface area contributed by atoms with Crippen LogP contribution in [0.25, 0.3) is 0 Å². The molecule has 0 aliphatic heterocycles. The van der Waals surface area contributed by atoms with Crippen LogP contribution in [-0.4, -0.2) is 16.8 Å². The van der Waals surface area contributed by atoms with Gasteiger partial charge in [0.1, 0.15) is 6.61 Å². The summed E-state index contributed by atoms with van der Waals surface area (Å²) >= 11 is 0. The highest BCUT2D eigenvalue weighted by Gasteiger charge is 2.11. The number of non-ortho nitro benzene ring substituents is 1. The van der Waals surface area contributed by atoms with E-state index < -0.39 is 10.9 Å². The predicted molar refractivity (Wildman–Crippen MR) is 107 cm³/mol. The molecular weight excluding hydrogens is 372 g/mol. The lowest BCUT2D eigenvalue weighted by atomic mass is 10.1. The van der Waals surface area contributed by atoms with E-state index in [0.717, 1.165) is 5.56 Å². The van der Waals surface area contributed by atoms with E-state index in [1.54, 1.807) is 24.3 Å². The minimum Gasteiger partial charge on any atom is -0.457 e. The molecule has 0 saturated carbocycles. The lowest BCUT2D eigenvalue weighted by Gasteiger charge is -2.08. The van der Waals surface area contributed by atoms with Gasteiger partial charge in [-0.25, -0.2) is 4.79 Å². The summed E-state index contributed by atoms with van der Waals surface area (Å²) in [7, 11) is 0. The number of hydrogen-bond donors (Lipinski definition) is 1. The number of nitrogens with one attached hydrogen (secondary N) is 1. The smallest absolute Gasteiger partial charge is 0.338 e. The van der Waals surface area contributed by atoms with Crippen LogP contribution in [0.4, 0.5) is 11.4 Å². The first-order valence-corrected chi connectivity index (χ1v) is 8.85. The summed E-state index contributed by atoms with van der Waals surface area (Å²) in [6, 6.07) is 21.6. The molecule has 146 valence electrons. The third kappa shape index (κ3) is 5.74. The van der Waals surface area contributed by atoms with E-state index in [4.69, 9.17) is 4.74 Å². The van der Waals surface area contributed by atoms with Crippen LogP contribution in [0.5, 0.6) is 0 Å². The number of esters is 1. The molecule has 0 saturated heterocycles. The Labute approximate surface area is 167 Å². The molecule has 3 aromatic rings. The summed E-state index contributed by atoms with van der Waals surface area (Å²) in [6.45, 7) is 0.163. The zero-order valence-electron chi connectivity index (χ0n) is 15.4. The van der Waals surface area contributed by atoms with Crippen LogP contribution in [0.2, 0.25) is 0 Å². The standard InChI is InChI=1S/C22H18N2O5/c25-21(13-16-9-11-20(12-10-16)24(27)28)23-19-8-4-7-18(14-19)22(26)29-15-17-5-2-1-3-6-17/h1-12,14H,13,15H2,(H,23,25). The number of nitro groups is 1. The Morgan fingerprint density at radius 3 is 2.31 bits per heavy atom. The minimum absolute atomic E-state index is 0.0316. The third-order valence-electron chi connectivity index (χ3n) is 4.11. The molecule has 29 heavy (non-hydrogen) atoms. The molecule has 7 nitrogen and oxygen atoms in total. The second kappa shape index (κ2) is 9.27. The molecule has 0 aliphatic carbocycles. The van der Waals surface area contributed by atoms with Crippen LogP contribution < -0.4 is 5.32 Å². The van der Waals surface area contributed by atoms with Crippen molar-refractivity contribution in [3.63, 3.8) is 0 Å². The van der Waals surface area contributed by atoms with E-state index in [2.05, 4.69) is 5.32 Å². The van der Waals surface area contributed by atoms with Crippen molar-refractivity contribution >= 4 is 23.3 Å². The van der Waals surface area contributed by atoms with Crippen molar-refractivity contribution in [1.82, 2.24) is 0 Å². The average Bonchev–Trinajstić information content (AvgIpc) is 2.73. The first-order valence-electron chi connectivity index (χ1n) is 8.85. The molecular formula is C22H18N2O5. The Morgan fingerprint density at radius 1 is 0.897 bits per heavy atom. The monoisotopic (exact) mass is 390 g/mol. The van der Waals surface area contributed by atoms with E-state index in [1.807, 2.05) is 30.3 Å². The maximum absolute atomic E-state index is 12.2.